The molecule has 1 aromatic heterocycles. The molecular weight excluding hydrogens is 394 g/mol. The third-order valence-corrected chi connectivity index (χ3v) is 7.10. The summed E-state index contributed by atoms with van der Waals surface area (Å²) in [6.07, 6.45) is 7.00. The predicted octanol–water partition coefficient (Wildman–Crippen LogP) is 3.91. The topological polar surface area (TPSA) is 77.7 Å². The first-order valence-corrected chi connectivity index (χ1v) is 11.5. The fourth-order valence-electron chi connectivity index (χ4n) is 5.05. The quantitative estimate of drug-likeness (QED) is 0.723. The second-order valence-electron chi connectivity index (χ2n) is 9.39. The van der Waals surface area contributed by atoms with Crippen molar-refractivity contribution in [3.8, 4) is 5.75 Å². The number of likely N-dealkylation sites (tertiary alicyclic amines) is 1. The van der Waals surface area contributed by atoms with Gasteiger partial charge in [-0.15, -0.1) is 0 Å². The maximum atomic E-state index is 13.1. The smallest absolute Gasteiger partial charge is 0.254 e. The van der Waals surface area contributed by atoms with Crippen LogP contribution in [0.2, 0.25) is 0 Å². The van der Waals surface area contributed by atoms with Gasteiger partial charge in [0.25, 0.3) is 5.91 Å². The average molecular weight is 426 g/mol. The van der Waals surface area contributed by atoms with Crippen molar-refractivity contribution in [2.75, 3.05) is 26.8 Å². The van der Waals surface area contributed by atoms with E-state index in [4.69, 9.17) is 14.0 Å². The molecule has 7 nitrogen and oxygen atoms in total. The first kappa shape index (κ1) is 20.5. The number of carbonyl (C=O) groups is 1. The number of methoxy groups -OCH3 is 1. The number of amides is 1. The Morgan fingerprint density at radius 1 is 1.26 bits per heavy atom. The van der Waals surface area contributed by atoms with E-state index in [0.717, 1.165) is 80.4 Å². The lowest BCUT2D eigenvalue weighted by Gasteiger charge is -2.46. The molecule has 1 atom stereocenters. The average Bonchev–Trinajstić information content (AvgIpc) is 3.53. The van der Waals surface area contributed by atoms with Crippen LogP contribution in [-0.4, -0.2) is 53.4 Å². The molecule has 0 N–H and O–H groups in total. The second kappa shape index (κ2) is 8.26. The molecule has 1 unspecified atom stereocenters. The van der Waals surface area contributed by atoms with E-state index >= 15 is 0 Å². The molecular formula is C24H31N3O4. The maximum Gasteiger partial charge on any atom is 0.254 e. The Bertz CT molecular complexity index is 944. The number of piperidine rings is 1. The second-order valence-corrected chi connectivity index (χ2v) is 9.39. The Morgan fingerprint density at radius 3 is 2.77 bits per heavy atom. The van der Waals surface area contributed by atoms with Crippen LogP contribution < -0.4 is 4.74 Å². The number of aryl methyl sites for hydroxylation is 1. The third-order valence-electron chi connectivity index (χ3n) is 7.10. The fourth-order valence-corrected chi connectivity index (χ4v) is 5.05. The molecule has 2 aliphatic heterocycles. The van der Waals surface area contributed by atoms with E-state index in [-0.39, 0.29) is 11.5 Å². The number of rotatable bonds is 5. The lowest BCUT2D eigenvalue weighted by Crippen LogP contribution is -2.51. The van der Waals surface area contributed by atoms with Crippen molar-refractivity contribution in [1.29, 1.82) is 0 Å². The van der Waals surface area contributed by atoms with Gasteiger partial charge in [-0.25, -0.2) is 0 Å². The van der Waals surface area contributed by atoms with Gasteiger partial charge < -0.3 is 18.9 Å². The summed E-state index contributed by atoms with van der Waals surface area (Å²) in [6.45, 7) is 4.18. The van der Waals surface area contributed by atoms with Gasteiger partial charge in [-0.2, -0.15) is 4.98 Å². The highest BCUT2D eigenvalue weighted by Gasteiger charge is 2.41. The third kappa shape index (κ3) is 4.33. The minimum atomic E-state index is -0.127. The highest BCUT2D eigenvalue weighted by Crippen LogP contribution is 2.41. The molecule has 3 heterocycles. The molecule has 31 heavy (non-hydrogen) atoms. The van der Waals surface area contributed by atoms with Crippen LogP contribution in [0, 0.1) is 12.8 Å². The van der Waals surface area contributed by atoms with E-state index in [1.807, 2.05) is 30.0 Å². The molecule has 1 amide bonds. The fraction of sp³-hybridized carbons (Fsp3) is 0.625. The van der Waals surface area contributed by atoms with Crippen LogP contribution in [0.5, 0.6) is 5.75 Å². The number of benzene rings is 1. The molecule has 3 aliphatic rings. The summed E-state index contributed by atoms with van der Waals surface area (Å²) in [5, 5.41) is 4.21. The Morgan fingerprint density at radius 2 is 2.06 bits per heavy atom. The zero-order chi connectivity index (χ0) is 21.4. The van der Waals surface area contributed by atoms with Gasteiger partial charge in [-0.1, -0.05) is 5.16 Å². The maximum absolute atomic E-state index is 13.1. The van der Waals surface area contributed by atoms with Crippen LogP contribution in [0.25, 0.3) is 0 Å². The molecule has 1 aliphatic carbocycles. The lowest BCUT2D eigenvalue weighted by atomic mass is 9.78. The van der Waals surface area contributed by atoms with Gasteiger partial charge in [-0.3, -0.25) is 4.79 Å². The van der Waals surface area contributed by atoms with Gasteiger partial charge in [0.15, 0.2) is 5.82 Å². The molecule has 0 bridgehead atoms. The molecule has 7 heteroatoms. The van der Waals surface area contributed by atoms with Crippen molar-refractivity contribution < 1.29 is 18.8 Å². The van der Waals surface area contributed by atoms with Gasteiger partial charge >= 0.3 is 0 Å². The van der Waals surface area contributed by atoms with Crippen LogP contribution in [0.3, 0.4) is 0 Å². The number of hydrogen-bond acceptors (Lipinski definition) is 6. The van der Waals surface area contributed by atoms with Crippen LogP contribution in [-0.2, 0) is 11.2 Å². The van der Waals surface area contributed by atoms with Crippen LogP contribution in [0.4, 0.5) is 0 Å². The van der Waals surface area contributed by atoms with Crippen molar-refractivity contribution in [3.63, 3.8) is 0 Å². The summed E-state index contributed by atoms with van der Waals surface area (Å²) in [4.78, 5) is 19.7. The monoisotopic (exact) mass is 425 g/mol. The largest absolute Gasteiger partial charge is 0.497 e. The zero-order valence-electron chi connectivity index (χ0n) is 18.4. The number of ether oxygens (including phenoxy) is 2. The molecule has 0 radical (unpaired) electrons. The molecule has 166 valence electrons. The van der Waals surface area contributed by atoms with E-state index in [0.29, 0.717) is 11.8 Å². The first-order chi connectivity index (χ1) is 15.0. The van der Waals surface area contributed by atoms with Crippen molar-refractivity contribution in [3.05, 3.63) is 41.0 Å². The Hall–Kier alpha value is -2.41. The van der Waals surface area contributed by atoms with Gasteiger partial charge in [0.1, 0.15) is 5.75 Å². The molecule has 2 aromatic rings. The summed E-state index contributed by atoms with van der Waals surface area (Å²) in [7, 11) is 1.64. The number of aromatic nitrogens is 2. The van der Waals surface area contributed by atoms with E-state index < -0.39 is 0 Å². The zero-order valence-corrected chi connectivity index (χ0v) is 18.4. The normalized spacial score (nSPS) is 23.2. The van der Waals surface area contributed by atoms with Gasteiger partial charge in [0.2, 0.25) is 5.89 Å². The molecule has 1 spiro atoms. The Kier molecular flexibility index (Phi) is 5.46. The summed E-state index contributed by atoms with van der Waals surface area (Å²) < 4.78 is 17.0. The SMILES string of the molecule is COc1ccc(C(=O)N2CCC3(CC2)CC(Cc2noc(C4CC4)n2)CCO3)c(C)c1. The lowest BCUT2D eigenvalue weighted by molar-refractivity contribution is -0.123. The van der Waals surface area contributed by atoms with Gasteiger partial charge in [0.05, 0.1) is 12.7 Å². The predicted molar refractivity (Wildman–Crippen MR) is 114 cm³/mol. The Labute approximate surface area is 183 Å². The highest BCUT2D eigenvalue weighted by molar-refractivity contribution is 5.95. The Balaban J connectivity index is 1.19. The van der Waals surface area contributed by atoms with Crippen molar-refractivity contribution in [2.24, 2.45) is 5.92 Å². The molecule has 2 saturated heterocycles. The van der Waals surface area contributed by atoms with Crippen molar-refractivity contribution in [2.45, 2.75) is 63.4 Å². The van der Waals surface area contributed by atoms with Crippen LogP contribution in [0.1, 0.15) is 72.1 Å². The highest BCUT2D eigenvalue weighted by atomic mass is 16.5. The molecule has 1 saturated carbocycles. The van der Waals surface area contributed by atoms with E-state index in [9.17, 15) is 4.79 Å². The number of carbonyl (C=O) groups excluding carboxylic acids is 1. The van der Waals surface area contributed by atoms with Crippen molar-refractivity contribution in [1.82, 2.24) is 15.0 Å². The molecule has 5 rings (SSSR count). The van der Waals surface area contributed by atoms with E-state index in [1.165, 1.54) is 12.8 Å². The number of nitrogens with zero attached hydrogens (tertiary/aromatic N) is 3. The van der Waals surface area contributed by atoms with Gasteiger partial charge in [-0.05, 0) is 75.1 Å². The number of hydrogen-bond donors (Lipinski definition) is 0. The molecule has 3 fully saturated rings. The first-order valence-electron chi connectivity index (χ1n) is 11.5. The van der Waals surface area contributed by atoms with Crippen LogP contribution >= 0.6 is 0 Å². The minimum Gasteiger partial charge on any atom is -0.497 e. The molecule has 1 aromatic carbocycles. The van der Waals surface area contributed by atoms with Gasteiger partial charge in [0, 0.05) is 37.6 Å². The standard InChI is InChI=1S/C24H31N3O4/c1-16-13-19(29-2)5-6-20(16)23(28)27-10-8-24(9-11-27)15-17(7-12-30-24)14-21-25-22(31-26-21)18-3-4-18/h5-6,13,17-18H,3-4,7-12,14-15H2,1-2H3. The van der Waals surface area contributed by atoms with E-state index in [1.54, 1.807) is 7.11 Å². The van der Waals surface area contributed by atoms with E-state index in [2.05, 4.69) is 10.1 Å². The van der Waals surface area contributed by atoms with Crippen LogP contribution in [0.15, 0.2) is 22.7 Å². The minimum absolute atomic E-state index is 0.0989. The summed E-state index contributed by atoms with van der Waals surface area (Å²) in [5.41, 5.74) is 1.57. The summed E-state index contributed by atoms with van der Waals surface area (Å²) in [6, 6.07) is 5.64. The van der Waals surface area contributed by atoms with Crippen molar-refractivity contribution >= 4 is 5.91 Å². The summed E-state index contributed by atoms with van der Waals surface area (Å²) in [5.74, 6) is 3.54. The summed E-state index contributed by atoms with van der Waals surface area (Å²) >= 11 is 0.